The van der Waals surface area contributed by atoms with Crippen LogP contribution in [0.15, 0.2) is 18.2 Å². The Morgan fingerprint density at radius 1 is 1.30 bits per heavy atom. The van der Waals surface area contributed by atoms with Gasteiger partial charge < -0.3 is 14.9 Å². The van der Waals surface area contributed by atoms with Crippen LogP contribution in [0.4, 0.5) is 5.69 Å². The standard InChI is InChI=1S/C22H32N2O3/c1-15(2)11-21(25)24-16(3)12-19-13-17(6-7-20(19)24)8-10-23-9-4-5-18(14-23)22(26)27/h6-7,13,15-16,18H,4-5,8-12,14H2,1-3H3,(H,26,27). The fourth-order valence-electron chi connectivity index (χ4n) is 4.42. The summed E-state index contributed by atoms with van der Waals surface area (Å²) in [5, 5.41) is 9.24. The third kappa shape index (κ3) is 4.70. The van der Waals surface area contributed by atoms with Crippen molar-refractivity contribution >= 4 is 17.6 Å². The van der Waals surface area contributed by atoms with Gasteiger partial charge in [0.1, 0.15) is 0 Å². The summed E-state index contributed by atoms with van der Waals surface area (Å²) in [6, 6.07) is 6.70. The van der Waals surface area contributed by atoms with Gasteiger partial charge in [0.15, 0.2) is 0 Å². The number of carboxylic acids is 1. The van der Waals surface area contributed by atoms with Crippen LogP contribution in [-0.4, -0.2) is 47.6 Å². The van der Waals surface area contributed by atoms with Gasteiger partial charge >= 0.3 is 5.97 Å². The van der Waals surface area contributed by atoms with E-state index >= 15 is 0 Å². The number of carbonyl (C=O) groups is 2. The number of amides is 1. The zero-order valence-corrected chi connectivity index (χ0v) is 16.8. The number of hydrogen-bond donors (Lipinski definition) is 1. The number of fused-ring (bicyclic) bond motifs is 1. The molecule has 2 aliphatic heterocycles. The first-order valence-electron chi connectivity index (χ1n) is 10.2. The Balaban J connectivity index is 1.62. The molecule has 1 saturated heterocycles. The molecule has 5 heteroatoms. The number of likely N-dealkylation sites (tertiary alicyclic amines) is 1. The maximum absolute atomic E-state index is 12.6. The molecule has 0 aliphatic carbocycles. The highest BCUT2D eigenvalue weighted by Gasteiger charge is 2.31. The molecular formula is C22H32N2O3. The lowest BCUT2D eigenvalue weighted by atomic mass is 9.97. The first-order chi connectivity index (χ1) is 12.8. The summed E-state index contributed by atoms with van der Waals surface area (Å²) in [4.78, 5) is 28.1. The molecule has 0 aromatic heterocycles. The van der Waals surface area contributed by atoms with E-state index in [9.17, 15) is 14.7 Å². The average Bonchev–Trinajstić information content (AvgIpc) is 2.94. The molecule has 3 rings (SSSR count). The Morgan fingerprint density at radius 2 is 2.07 bits per heavy atom. The highest BCUT2D eigenvalue weighted by atomic mass is 16.4. The number of nitrogens with zero attached hydrogens (tertiary/aromatic N) is 2. The summed E-state index contributed by atoms with van der Waals surface area (Å²) in [6.07, 6.45) is 4.19. The van der Waals surface area contributed by atoms with E-state index in [0.717, 1.165) is 44.5 Å². The van der Waals surface area contributed by atoms with E-state index in [0.29, 0.717) is 18.9 Å². The molecule has 1 fully saturated rings. The number of piperidine rings is 1. The van der Waals surface area contributed by atoms with Gasteiger partial charge in [-0.05, 0) is 62.3 Å². The lowest BCUT2D eigenvalue weighted by Gasteiger charge is -2.30. The van der Waals surface area contributed by atoms with E-state index in [1.165, 1.54) is 11.1 Å². The average molecular weight is 373 g/mol. The molecule has 1 amide bonds. The molecule has 0 bridgehead atoms. The van der Waals surface area contributed by atoms with Crippen LogP contribution in [0, 0.1) is 11.8 Å². The van der Waals surface area contributed by atoms with E-state index in [1.807, 2.05) is 4.90 Å². The molecule has 1 aromatic rings. The molecule has 2 aliphatic rings. The molecular weight excluding hydrogens is 340 g/mol. The van der Waals surface area contributed by atoms with Crippen molar-refractivity contribution < 1.29 is 14.7 Å². The number of benzene rings is 1. The van der Waals surface area contributed by atoms with Gasteiger partial charge in [0, 0.05) is 31.2 Å². The minimum atomic E-state index is -0.669. The van der Waals surface area contributed by atoms with E-state index < -0.39 is 5.97 Å². The van der Waals surface area contributed by atoms with Crippen LogP contribution in [0.25, 0.3) is 0 Å². The predicted octanol–water partition coefficient (Wildman–Crippen LogP) is 3.35. The van der Waals surface area contributed by atoms with Gasteiger partial charge in [-0.15, -0.1) is 0 Å². The van der Waals surface area contributed by atoms with Crippen LogP contribution >= 0.6 is 0 Å². The Bertz CT molecular complexity index is 701. The molecule has 2 unspecified atom stereocenters. The van der Waals surface area contributed by atoms with E-state index in [4.69, 9.17) is 0 Å². The summed E-state index contributed by atoms with van der Waals surface area (Å²) in [5.74, 6) is -0.304. The minimum absolute atomic E-state index is 0.219. The third-order valence-electron chi connectivity index (χ3n) is 5.78. The van der Waals surface area contributed by atoms with Gasteiger partial charge in [0.05, 0.1) is 5.92 Å². The van der Waals surface area contributed by atoms with Crippen LogP contribution in [0.3, 0.4) is 0 Å². The van der Waals surface area contributed by atoms with Gasteiger partial charge in [-0.3, -0.25) is 9.59 Å². The van der Waals surface area contributed by atoms with E-state index in [1.54, 1.807) is 0 Å². The number of carbonyl (C=O) groups excluding carboxylic acids is 1. The second kappa shape index (κ2) is 8.42. The largest absolute Gasteiger partial charge is 0.481 e. The molecule has 0 saturated carbocycles. The van der Waals surface area contributed by atoms with Gasteiger partial charge in [0.2, 0.25) is 5.91 Å². The number of carboxylic acid groups (broad SMARTS) is 1. The lowest BCUT2D eigenvalue weighted by molar-refractivity contribution is -0.143. The highest BCUT2D eigenvalue weighted by molar-refractivity contribution is 5.96. The molecule has 1 aromatic carbocycles. The topological polar surface area (TPSA) is 60.9 Å². The maximum Gasteiger partial charge on any atom is 0.307 e. The zero-order chi connectivity index (χ0) is 19.6. The van der Waals surface area contributed by atoms with E-state index in [2.05, 4.69) is 43.9 Å². The summed E-state index contributed by atoms with van der Waals surface area (Å²) < 4.78 is 0. The van der Waals surface area contributed by atoms with Crippen LogP contribution in [0.1, 0.15) is 51.2 Å². The quantitative estimate of drug-likeness (QED) is 0.832. The van der Waals surface area contributed by atoms with Crippen molar-refractivity contribution in [2.24, 2.45) is 11.8 Å². The number of hydrogen-bond acceptors (Lipinski definition) is 3. The number of aliphatic carboxylic acids is 1. The van der Waals surface area contributed by atoms with Crippen LogP contribution in [-0.2, 0) is 22.4 Å². The van der Waals surface area contributed by atoms with Crippen molar-refractivity contribution in [3.05, 3.63) is 29.3 Å². The molecule has 1 N–H and O–H groups in total. The predicted molar refractivity (Wildman–Crippen MR) is 107 cm³/mol. The fraction of sp³-hybridized carbons (Fsp3) is 0.636. The number of rotatable bonds is 6. The minimum Gasteiger partial charge on any atom is -0.481 e. The summed E-state index contributed by atoms with van der Waals surface area (Å²) >= 11 is 0. The Kier molecular flexibility index (Phi) is 6.20. The SMILES string of the molecule is CC(C)CC(=O)N1c2ccc(CCN3CCCC(C(=O)O)C3)cc2CC1C. The second-order valence-electron chi connectivity index (χ2n) is 8.61. The third-order valence-corrected chi connectivity index (χ3v) is 5.78. The van der Waals surface area contributed by atoms with Crippen molar-refractivity contribution in [2.45, 2.75) is 58.9 Å². The molecule has 148 valence electrons. The van der Waals surface area contributed by atoms with Crippen molar-refractivity contribution in [3.63, 3.8) is 0 Å². The Labute approximate surface area is 162 Å². The Hall–Kier alpha value is -1.88. The van der Waals surface area contributed by atoms with Crippen molar-refractivity contribution in [2.75, 3.05) is 24.5 Å². The van der Waals surface area contributed by atoms with E-state index in [-0.39, 0.29) is 17.9 Å². The van der Waals surface area contributed by atoms with Crippen LogP contribution < -0.4 is 4.90 Å². The molecule has 0 radical (unpaired) electrons. The van der Waals surface area contributed by atoms with Gasteiger partial charge in [-0.2, -0.15) is 0 Å². The van der Waals surface area contributed by atoms with Crippen LogP contribution in [0.2, 0.25) is 0 Å². The molecule has 0 spiro atoms. The summed E-state index contributed by atoms with van der Waals surface area (Å²) in [7, 11) is 0. The van der Waals surface area contributed by atoms with Crippen molar-refractivity contribution in [1.29, 1.82) is 0 Å². The monoisotopic (exact) mass is 372 g/mol. The first kappa shape index (κ1) is 19.9. The molecule has 2 heterocycles. The summed E-state index contributed by atoms with van der Waals surface area (Å²) in [5.41, 5.74) is 3.61. The highest BCUT2D eigenvalue weighted by Crippen LogP contribution is 2.34. The van der Waals surface area contributed by atoms with Gasteiger partial charge in [-0.1, -0.05) is 26.0 Å². The smallest absolute Gasteiger partial charge is 0.307 e. The Morgan fingerprint density at radius 3 is 2.78 bits per heavy atom. The summed E-state index contributed by atoms with van der Waals surface area (Å²) in [6.45, 7) is 8.83. The first-order valence-corrected chi connectivity index (χ1v) is 10.2. The molecule has 5 nitrogen and oxygen atoms in total. The maximum atomic E-state index is 12.6. The zero-order valence-electron chi connectivity index (χ0n) is 16.8. The van der Waals surface area contributed by atoms with Crippen molar-refractivity contribution in [1.82, 2.24) is 4.90 Å². The molecule has 2 atom stereocenters. The fourth-order valence-corrected chi connectivity index (χ4v) is 4.42. The normalized spacial score (nSPS) is 22.9. The molecule has 27 heavy (non-hydrogen) atoms. The lowest BCUT2D eigenvalue weighted by Crippen LogP contribution is -2.39. The second-order valence-corrected chi connectivity index (χ2v) is 8.61. The van der Waals surface area contributed by atoms with Crippen molar-refractivity contribution in [3.8, 4) is 0 Å². The van der Waals surface area contributed by atoms with Gasteiger partial charge in [-0.25, -0.2) is 0 Å². The van der Waals surface area contributed by atoms with Gasteiger partial charge in [0.25, 0.3) is 0 Å². The van der Waals surface area contributed by atoms with Crippen LogP contribution in [0.5, 0.6) is 0 Å². The number of anilines is 1.